The van der Waals surface area contributed by atoms with E-state index in [1.54, 1.807) is 0 Å². The van der Waals surface area contributed by atoms with Crippen molar-refractivity contribution in [1.82, 2.24) is 5.32 Å². The van der Waals surface area contributed by atoms with Gasteiger partial charge in [-0.2, -0.15) is 0 Å². The second-order valence-corrected chi connectivity index (χ2v) is 9.95. The van der Waals surface area contributed by atoms with Crippen LogP contribution in [-0.4, -0.2) is 5.66 Å². The van der Waals surface area contributed by atoms with Crippen molar-refractivity contribution in [3.63, 3.8) is 0 Å². The van der Waals surface area contributed by atoms with Crippen LogP contribution in [0.15, 0.2) is 79.1 Å². The standard InChI is InChI=1S/C20H26.C12H22N2.C2H6/c1-6-16-9-8-10-19(17(16)7-2)20-13-15(5)11-12-18(20)14(3)4;1-7-10(4)8-11(5)14-12(6,13)9(2)3;1-2/h8-13,16-17H,3,6-7H2,1-2,4-5H3;7,14H,2,5,8,13H2,1,3-4,6H3;1-2H3/b;10-7+;. The van der Waals surface area contributed by atoms with Gasteiger partial charge in [0.2, 0.25) is 0 Å². The Balaban J connectivity index is 0.000000676. The molecule has 2 rings (SSSR count). The normalized spacial score (nSPS) is 18.4. The molecule has 3 N–H and O–H groups in total. The van der Waals surface area contributed by atoms with E-state index in [1.165, 1.54) is 40.7 Å². The summed E-state index contributed by atoms with van der Waals surface area (Å²) in [4.78, 5) is 0. The predicted octanol–water partition coefficient (Wildman–Crippen LogP) is 9.76. The molecule has 0 aliphatic heterocycles. The molecule has 2 heteroatoms. The highest BCUT2D eigenvalue weighted by Crippen LogP contribution is 2.39. The highest BCUT2D eigenvalue weighted by Gasteiger charge is 2.25. The summed E-state index contributed by atoms with van der Waals surface area (Å²) in [6.45, 7) is 32.7. The summed E-state index contributed by atoms with van der Waals surface area (Å²) in [6, 6.07) is 6.73. The maximum atomic E-state index is 5.99. The molecule has 0 aromatic heterocycles. The van der Waals surface area contributed by atoms with Gasteiger partial charge in [-0.3, -0.25) is 0 Å². The Bertz CT molecular complexity index is 969. The Morgan fingerprint density at radius 2 is 1.69 bits per heavy atom. The molecule has 2 nitrogen and oxygen atoms in total. The lowest BCUT2D eigenvalue weighted by molar-refractivity contribution is 0.458. The summed E-state index contributed by atoms with van der Waals surface area (Å²) >= 11 is 0. The van der Waals surface area contributed by atoms with Gasteiger partial charge in [-0.15, -0.1) is 0 Å². The van der Waals surface area contributed by atoms with Crippen LogP contribution in [-0.2, 0) is 0 Å². The molecule has 1 aliphatic carbocycles. The first-order valence-electron chi connectivity index (χ1n) is 13.6. The van der Waals surface area contributed by atoms with E-state index in [-0.39, 0.29) is 0 Å². The quantitative estimate of drug-likeness (QED) is 0.267. The molecule has 0 heterocycles. The molecule has 0 radical (unpaired) electrons. The van der Waals surface area contributed by atoms with Crippen molar-refractivity contribution in [2.45, 2.75) is 94.2 Å². The smallest absolute Gasteiger partial charge is 0.104 e. The van der Waals surface area contributed by atoms with Gasteiger partial charge in [0.25, 0.3) is 0 Å². The van der Waals surface area contributed by atoms with Gasteiger partial charge < -0.3 is 11.1 Å². The van der Waals surface area contributed by atoms with E-state index in [9.17, 15) is 0 Å². The monoisotopic (exact) mass is 490 g/mol. The minimum absolute atomic E-state index is 0.564. The number of benzene rings is 1. The van der Waals surface area contributed by atoms with Crippen LogP contribution in [0.5, 0.6) is 0 Å². The molecule has 0 amide bonds. The van der Waals surface area contributed by atoms with Gasteiger partial charge in [0, 0.05) is 12.1 Å². The fraction of sp³-hybridized carbons (Fsp3) is 0.471. The van der Waals surface area contributed by atoms with E-state index in [0.717, 1.165) is 23.3 Å². The Morgan fingerprint density at radius 3 is 2.17 bits per heavy atom. The number of aryl methyl sites for hydroxylation is 1. The van der Waals surface area contributed by atoms with Crippen molar-refractivity contribution >= 4 is 11.1 Å². The SMILES string of the molecule is C=C(C)c1ccc(C)cc1C1=CC=CC(CC)C1CC.C=C(C/C(C)=C/C)NC(C)(N)C(=C)C.CC. The van der Waals surface area contributed by atoms with E-state index < -0.39 is 5.66 Å². The fourth-order valence-corrected chi connectivity index (χ4v) is 4.25. The third-order valence-electron chi connectivity index (χ3n) is 6.72. The number of rotatable bonds is 9. The second-order valence-electron chi connectivity index (χ2n) is 9.95. The van der Waals surface area contributed by atoms with Crippen LogP contribution >= 0.6 is 0 Å². The average molecular weight is 491 g/mol. The van der Waals surface area contributed by atoms with Crippen molar-refractivity contribution in [3.05, 3.63) is 95.8 Å². The van der Waals surface area contributed by atoms with E-state index >= 15 is 0 Å². The predicted molar refractivity (Wildman–Crippen MR) is 166 cm³/mol. The highest BCUT2D eigenvalue weighted by molar-refractivity contribution is 5.81. The van der Waals surface area contributed by atoms with Gasteiger partial charge in [-0.1, -0.05) is 107 Å². The molecule has 36 heavy (non-hydrogen) atoms. The Hall–Kier alpha value is -2.58. The molecule has 1 aromatic carbocycles. The summed E-state index contributed by atoms with van der Waals surface area (Å²) in [5, 5.41) is 3.16. The second kappa shape index (κ2) is 16.2. The summed E-state index contributed by atoms with van der Waals surface area (Å²) < 4.78 is 0. The first kappa shape index (κ1) is 33.4. The highest BCUT2D eigenvalue weighted by atomic mass is 15.1. The van der Waals surface area contributed by atoms with Crippen molar-refractivity contribution in [3.8, 4) is 0 Å². The van der Waals surface area contributed by atoms with E-state index in [4.69, 9.17) is 5.73 Å². The first-order chi connectivity index (χ1) is 16.9. The number of hydrogen-bond donors (Lipinski definition) is 2. The van der Waals surface area contributed by atoms with Gasteiger partial charge in [-0.25, -0.2) is 0 Å². The van der Waals surface area contributed by atoms with Gasteiger partial charge in [0.05, 0.1) is 0 Å². The molecule has 1 aliphatic rings. The third kappa shape index (κ3) is 10.2. The first-order valence-corrected chi connectivity index (χ1v) is 13.6. The molecule has 0 saturated heterocycles. The van der Waals surface area contributed by atoms with Crippen molar-refractivity contribution in [2.24, 2.45) is 17.6 Å². The minimum Gasteiger partial charge on any atom is -0.368 e. The lowest BCUT2D eigenvalue weighted by Gasteiger charge is -2.30. The van der Waals surface area contributed by atoms with Crippen molar-refractivity contribution in [1.29, 1.82) is 0 Å². The third-order valence-corrected chi connectivity index (χ3v) is 6.72. The molecule has 3 atom stereocenters. The summed E-state index contributed by atoms with van der Waals surface area (Å²) in [5.74, 6) is 1.29. The zero-order valence-corrected chi connectivity index (χ0v) is 25.0. The van der Waals surface area contributed by atoms with Gasteiger partial charge in [-0.05, 0) is 88.5 Å². The minimum atomic E-state index is -0.564. The summed E-state index contributed by atoms with van der Waals surface area (Å²) in [5.41, 5.74) is 15.2. The lowest BCUT2D eigenvalue weighted by Crippen LogP contribution is -2.50. The van der Waals surface area contributed by atoms with Crippen LogP contribution in [0, 0.1) is 18.8 Å². The van der Waals surface area contributed by atoms with Gasteiger partial charge in [0.15, 0.2) is 0 Å². The number of nitrogens with two attached hydrogens (primary N) is 1. The maximum Gasteiger partial charge on any atom is 0.104 e. The van der Waals surface area contributed by atoms with Crippen LogP contribution in [0.3, 0.4) is 0 Å². The molecule has 1 aromatic rings. The van der Waals surface area contributed by atoms with Crippen LogP contribution < -0.4 is 11.1 Å². The van der Waals surface area contributed by atoms with Crippen molar-refractivity contribution in [2.75, 3.05) is 0 Å². The van der Waals surface area contributed by atoms with Crippen LogP contribution in [0.1, 0.15) is 98.3 Å². The summed E-state index contributed by atoms with van der Waals surface area (Å²) in [6.07, 6.45) is 12.2. The molecule has 3 unspecified atom stereocenters. The van der Waals surface area contributed by atoms with Crippen LogP contribution in [0.2, 0.25) is 0 Å². The molecule has 200 valence electrons. The molecule has 0 saturated carbocycles. The average Bonchev–Trinajstić information content (AvgIpc) is 2.84. The molecular formula is C34H54N2. The van der Waals surface area contributed by atoms with Gasteiger partial charge in [0.1, 0.15) is 5.66 Å². The molecular weight excluding hydrogens is 436 g/mol. The van der Waals surface area contributed by atoms with E-state index in [2.05, 4.69) is 102 Å². The Morgan fingerprint density at radius 1 is 1.08 bits per heavy atom. The number of nitrogens with one attached hydrogen (secondary N) is 1. The topological polar surface area (TPSA) is 38.0 Å². The molecule has 0 fully saturated rings. The maximum absolute atomic E-state index is 5.99. The van der Waals surface area contributed by atoms with E-state index in [0.29, 0.717) is 11.8 Å². The molecule has 0 bridgehead atoms. The van der Waals surface area contributed by atoms with Crippen LogP contribution in [0.4, 0.5) is 0 Å². The number of allylic oxidation sites excluding steroid dienone is 7. The van der Waals surface area contributed by atoms with Crippen molar-refractivity contribution < 1.29 is 0 Å². The zero-order chi connectivity index (χ0) is 28.1. The lowest BCUT2D eigenvalue weighted by atomic mass is 9.75. The Kier molecular flexibility index (Phi) is 15.1. The van der Waals surface area contributed by atoms with E-state index in [1.807, 2.05) is 34.6 Å². The van der Waals surface area contributed by atoms with Crippen LogP contribution in [0.25, 0.3) is 11.1 Å². The molecule has 0 spiro atoms. The largest absolute Gasteiger partial charge is 0.368 e. The fourth-order valence-electron chi connectivity index (χ4n) is 4.25. The summed E-state index contributed by atoms with van der Waals surface area (Å²) in [7, 11) is 0. The van der Waals surface area contributed by atoms with Gasteiger partial charge >= 0.3 is 0 Å². The number of hydrogen-bond acceptors (Lipinski definition) is 2. The zero-order valence-electron chi connectivity index (χ0n) is 25.0. The Labute approximate surface area is 223 Å².